The van der Waals surface area contributed by atoms with Crippen LogP contribution in [0.25, 0.3) is 11.4 Å². The van der Waals surface area contributed by atoms with Gasteiger partial charge in [0, 0.05) is 16.1 Å². The topological polar surface area (TPSA) is 68.0 Å². The van der Waals surface area contributed by atoms with E-state index in [0.29, 0.717) is 21.0 Å². The molecule has 0 saturated heterocycles. The lowest BCUT2D eigenvalue weighted by molar-refractivity contribution is -0.133. The molecule has 3 rings (SSSR count). The first-order chi connectivity index (χ1) is 10.0. The van der Waals surface area contributed by atoms with Crippen LogP contribution in [-0.4, -0.2) is 31.6 Å². The van der Waals surface area contributed by atoms with Crippen molar-refractivity contribution < 1.29 is 14.3 Å². The minimum Gasteiger partial charge on any atom is -0.481 e. The molecular formula is C13H11BrFN3O2S. The molecule has 1 fully saturated rings. The van der Waals surface area contributed by atoms with E-state index >= 15 is 0 Å². The zero-order chi connectivity index (χ0) is 15.0. The third kappa shape index (κ3) is 3.26. The Bertz CT molecular complexity index is 682. The van der Waals surface area contributed by atoms with Gasteiger partial charge in [0.05, 0.1) is 5.75 Å². The summed E-state index contributed by atoms with van der Waals surface area (Å²) in [7, 11) is 0. The van der Waals surface area contributed by atoms with Crippen molar-refractivity contribution in [1.29, 1.82) is 0 Å². The van der Waals surface area contributed by atoms with Crippen LogP contribution in [0.4, 0.5) is 4.39 Å². The molecule has 1 aliphatic rings. The van der Waals surface area contributed by atoms with Crippen molar-refractivity contribution in [3.8, 4) is 11.4 Å². The average molecular weight is 372 g/mol. The van der Waals surface area contributed by atoms with Crippen LogP contribution in [0.3, 0.4) is 0 Å². The van der Waals surface area contributed by atoms with Crippen molar-refractivity contribution >= 4 is 33.7 Å². The molecule has 1 heterocycles. The maximum Gasteiger partial charge on any atom is 0.313 e. The Balaban J connectivity index is 2.00. The second kappa shape index (κ2) is 5.76. The van der Waals surface area contributed by atoms with Crippen LogP contribution in [0, 0.1) is 5.82 Å². The Morgan fingerprint density at radius 2 is 2.19 bits per heavy atom. The van der Waals surface area contributed by atoms with Gasteiger partial charge in [-0.15, -0.1) is 10.2 Å². The molecule has 1 aromatic heterocycles. The molecular weight excluding hydrogens is 361 g/mol. The molecule has 1 aromatic carbocycles. The third-order valence-electron chi connectivity index (χ3n) is 3.02. The van der Waals surface area contributed by atoms with Gasteiger partial charge in [-0.3, -0.25) is 9.36 Å². The number of aliphatic carboxylic acids is 1. The first-order valence-corrected chi connectivity index (χ1v) is 8.08. The number of halogens is 2. The van der Waals surface area contributed by atoms with Gasteiger partial charge in [0.1, 0.15) is 5.82 Å². The number of nitrogens with zero attached hydrogens (tertiary/aromatic N) is 3. The molecule has 21 heavy (non-hydrogen) atoms. The lowest BCUT2D eigenvalue weighted by Crippen LogP contribution is -2.03. The summed E-state index contributed by atoms with van der Waals surface area (Å²) in [4.78, 5) is 10.7. The van der Waals surface area contributed by atoms with Crippen molar-refractivity contribution in [2.45, 2.75) is 24.0 Å². The summed E-state index contributed by atoms with van der Waals surface area (Å²) < 4.78 is 16.1. The first kappa shape index (κ1) is 14.5. The van der Waals surface area contributed by atoms with Gasteiger partial charge in [-0.2, -0.15) is 0 Å². The molecule has 1 aliphatic carbocycles. The quantitative estimate of drug-likeness (QED) is 0.816. The lowest BCUT2D eigenvalue weighted by Gasteiger charge is -2.08. The molecule has 0 atom stereocenters. The van der Waals surface area contributed by atoms with Crippen LogP contribution in [0.15, 0.2) is 27.8 Å². The van der Waals surface area contributed by atoms with E-state index in [4.69, 9.17) is 5.11 Å². The second-order valence-corrected chi connectivity index (χ2v) is 6.61. The van der Waals surface area contributed by atoms with E-state index in [1.165, 1.54) is 12.1 Å². The van der Waals surface area contributed by atoms with E-state index in [9.17, 15) is 9.18 Å². The summed E-state index contributed by atoms with van der Waals surface area (Å²) >= 11 is 4.40. The fraction of sp³-hybridized carbons (Fsp3) is 0.308. The molecule has 8 heteroatoms. The first-order valence-electron chi connectivity index (χ1n) is 6.30. The highest BCUT2D eigenvalue weighted by atomic mass is 79.9. The molecule has 2 aromatic rings. The van der Waals surface area contributed by atoms with Crippen molar-refractivity contribution in [3.05, 3.63) is 28.5 Å². The van der Waals surface area contributed by atoms with Crippen LogP contribution in [0.5, 0.6) is 0 Å². The summed E-state index contributed by atoms with van der Waals surface area (Å²) in [5.41, 5.74) is 0.628. The lowest BCUT2D eigenvalue weighted by atomic mass is 10.2. The summed E-state index contributed by atoms with van der Waals surface area (Å²) in [5.74, 6) is -0.756. The van der Waals surface area contributed by atoms with Crippen LogP contribution in [-0.2, 0) is 4.79 Å². The smallest absolute Gasteiger partial charge is 0.313 e. The standard InChI is InChI=1S/C13H11BrFN3O2S/c14-8-3-7(4-9(15)5-8)12-16-17-13(21-6-11(19)20)18(12)10-1-2-10/h3-5,10H,1-2,6H2,(H,19,20). The van der Waals surface area contributed by atoms with Gasteiger partial charge < -0.3 is 5.11 Å². The van der Waals surface area contributed by atoms with Crippen molar-refractivity contribution in [3.63, 3.8) is 0 Å². The average Bonchev–Trinajstić information content (AvgIpc) is 3.15. The third-order valence-corrected chi connectivity index (χ3v) is 4.41. The number of aromatic nitrogens is 3. The van der Waals surface area contributed by atoms with Crippen LogP contribution in [0.1, 0.15) is 18.9 Å². The maximum atomic E-state index is 13.6. The van der Waals surface area contributed by atoms with E-state index in [1.54, 1.807) is 6.07 Å². The molecule has 0 radical (unpaired) electrons. The Hall–Kier alpha value is -1.41. The molecule has 0 bridgehead atoms. The van der Waals surface area contributed by atoms with Gasteiger partial charge in [0.15, 0.2) is 11.0 Å². The number of rotatable bonds is 5. The van der Waals surface area contributed by atoms with Gasteiger partial charge in [-0.25, -0.2) is 4.39 Å². The molecule has 1 N–H and O–H groups in total. The predicted octanol–water partition coefficient (Wildman–Crippen LogP) is 3.36. The molecule has 0 aliphatic heterocycles. The number of carboxylic acids is 1. The Kier molecular flexibility index (Phi) is 3.99. The Morgan fingerprint density at radius 1 is 1.43 bits per heavy atom. The van der Waals surface area contributed by atoms with Crippen molar-refractivity contribution in [2.75, 3.05) is 5.75 Å². The zero-order valence-electron chi connectivity index (χ0n) is 10.8. The molecule has 5 nitrogen and oxygen atoms in total. The fourth-order valence-corrected chi connectivity index (χ4v) is 3.23. The van der Waals surface area contributed by atoms with E-state index in [1.807, 2.05) is 4.57 Å². The summed E-state index contributed by atoms with van der Waals surface area (Å²) in [6, 6.07) is 4.83. The minimum absolute atomic E-state index is 0.0717. The maximum absolute atomic E-state index is 13.6. The van der Waals surface area contributed by atoms with Gasteiger partial charge in [-0.05, 0) is 31.0 Å². The Labute approximate surface area is 132 Å². The SMILES string of the molecule is O=C(O)CSc1nnc(-c2cc(F)cc(Br)c2)n1C1CC1. The van der Waals surface area contributed by atoms with Crippen LogP contribution in [0.2, 0.25) is 0 Å². The number of hydrogen-bond acceptors (Lipinski definition) is 4. The molecule has 0 spiro atoms. The van der Waals surface area contributed by atoms with Gasteiger partial charge in [0.2, 0.25) is 0 Å². The highest BCUT2D eigenvalue weighted by Crippen LogP contribution is 2.41. The molecule has 0 amide bonds. The number of carbonyl (C=O) groups is 1. The largest absolute Gasteiger partial charge is 0.481 e. The fourth-order valence-electron chi connectivity index (χ4n) is 2.04. The van der Waals surface area contributed by atoms with E-state index in [-0.39, 0.29) is 17.6 Å². The normalized spacial score (nSPS) is 14.4. The second-order valence-electron chi connectivity index (χ2n) is 4.75. The highest BCUT2D eigenvalue weighted by molar-refractivity contribution is 9.10. The van der Waals surface area contributed by atoms with E-state index < -0.39 is 5.97 Å². The molecule has 0 unspecified atom stereocenters. The van der Waals surface area contributed by atoms with E-state index in [0.717, 1.165) is 24.6 Å². The van der Waals surface area contributed by atoms with Crippen LogP contribution >= 0.6 is 27.7 Å². The van der Waals surface area contributed by atoms with Crippen molar-refractivity contribution in [2.24, 2.45) is 0 Å². The van der Waals surface area contributed by atoms with Crippen molar-refractivity contribution in [1.82, 2.24) is 14.8 Å². The molecule has 110 valence electrons. The number of hydrogen-bond donors (Lipinski definition) is 1. The minimum atomic E-state index is -0.902. The summed E-state index contributed by atoms with van der Waals surface area (Å²) in [6.07, 6.45) is 2.00. The van der Waals surface area contributed by atoms with Gasteiger partial charge in [-0.1, -0.05) is 27.7 Å². The summed E-state index contributed by atoms with van der Waals surface area (Å²) in [5, 5.41) is 17.5. The van der Waals surface area contributed by atoms with E-state index in [2.05, 4.69) is 26.1 Å². The van der Waals surface area contributed by atoms with Gasteiger partial charge >= 0.3 is 5.97 Å². The van der Waals surface area contributed by atoms with Crippen LogP contribution < -0.4 is 0 Å². The Morgan fingerprint density at radius 3 is 2.81 bits per heavy atom. The zero-order valence-corrected chi connectivity index (χ0v) is 13.2. The predicted molar refractivity (Wildman–Crippen MR) is 79.7 cm³/mol. The number of carboxylic acid groups (broad SMARTS) is 1. The monoisotopic (exact) mass is 371 g/mol. The van der Waals surface area contributed by atoms with Gasteiger partial charge in [0.25, 0.3) is 0 Å². The summed E-state index contributed by atoms with van der Waals surface area (Å²) in [6.45, 7) is 0. The highest BCUT2D eigenvalue weighted by Gasteiger charge is 2.30. The number of benzene rings is 1. The number of thioether (sulfide) groups is 1. The molecule has 1 saturated carbocycles.